The van der Waals surface area contributed by atoms with E-state index >= 15 is 0 Å². The Morgan fingerprint density at radius 3 is 2.75 bits per heavy atom. The highest BCUT2D eigenvalue weighted by Crippen LogP contribution is 2.16. The summed E-state index contributed by atoms with van der Waals surface area (Å²) < 4.78 is 0. The summed E-state index contributed by atoms with van der Waals surface area (Å²) in [6, 6.07) is 0. The molecule has 0 aromatic carbocycles. The van der Waals surface area contributed by atoms with Crippen molar-refractivity contribution in [2.24, 2.45) is 11.7 Å². The van der Waals surface area contributed by atoms with E-state index in [4.69, 9.17) is 5.73 Å². The third kappa shape index (κ3) is 2.64. The molecule has 1 fully saturated rings. The highest BCUT2D eigenvalue weighted by Gasteiger charge is 2.27. The number of amides is 1. The van der Waals surface area contributed by atoms with Crippen LogP contribution in [0, 0.1) is 5.92 Å². The predicted octanol–water partition coefficient (Wildman–Crippen LogP) is 0.625. The van der Waals surface area contributed by atoms with E-state index in [0.29, 0.717) is 18.9 Å². The second-order valence-electron chi connectivity index (χ2n) is 3.15. The molecule has 1 saturated heterocycles. The lowest BCUT2D eigenvalue weighted by Gasteiger charge is -2.14. The number of nitrogens with zero attached hydrogens (tertiary/aromatic N) is 1. The molecule has 2 N–H and O–H groups in total. The molecule has 1 aliphatic heterocycles. The van der Waals surface area contributed by atoms with Gasteiger partial charge in [-0.05, 0) is 18.9 Å². The molecular formula is C8H17ClN2O. The SMILES string of the molecule is CCCN1CC(CN)CC1=O.Cl. The highest BCUT2D eigenvalue weighted by molar-refractivity contribution is 5.85. The van der Waals surface area contributed by atoms with Gasteiger partial charge in [0.15, 0.2) is 0 Å². The zero-order chi connectivity index (χ0) is 8.27. The smallest absolute Gasteiger partial charge is 0.222 e. The van der Waals surface area contributed by atoms with Crippen molar-refractivity contribution in [2.75, 3.05) is 19.6 Å². The van der Waals surface area contributed by atoms with Crippen molar-refractivity contribution in [3.05, 3.63) is 0 Å². The van der Waals surface area contributed by atoms with Crippen molar-refractivity contribution in [1.82, 2.24) is 4.90 Å². The summed E-state index contributed by atoms with van der Waals surface area (Å²) in [4.78, 5) is 13.1. The van der Waals surface area contributed by atoms with Crippen molar-refractivity contribution in [2.45, 2.75) is 19.8 Å². The van der Waals surface area contributed by atoms with E-state index in [1.165, 1.54) is 0 Å². The standard InChI is InChI=1S/C8H16N2O.ClH/c1-2-3-10-6-7(5-9)4-8(10)11;/h7H,2-6,9H2,1H3;1H. The first-order valence-electron chi connectivity index (χ1n) is 4.25. The number of carbonyl (C=O) groups is 1. The van der Waals surface area contributed by atoms with Crippen LogP contribution in [0.2, 0.25) is 0 Å². The first-order valence-corrected chi connectivity index (χ1v) is 4.25. The van der Waals surface area contributed by atoms with Crippen LogP contribution >= 0.6 is 12.4 Å². The molecule has 1 amide bonds. The van der Waals surface area contributed by atoms with Gasteiger partial charge in [0.05, 0.1) is 0 Å². The molecule has 1 aliphatic rings. The lowest BCUT2D eigenvalue weighted by Crippen LogP contribution is -2.26. The molecule has 1 unspecified atom stereocenters. The van der Waals surface area contributed by atoms with Crippen LogP contribution in [0.1, 0.15) is 19.8 Å². The van der Waals surface area contributed by atoms with E-state index in [1.807, 2.05) is 4.90 Å². The van der Waals surface area contributed by atoms with Crippen molar-refractivity contribution >= 4 is 18.3 Å². The molecule has 0 aromatic heterocycles. The molecule has 0 aliphatic carbocycles. The lowest BCUT2D eigenvalue weighted by atomic mass is 10.1. The van der Waals surface area contributed by atoms with Crippen LogP contribution in [0.4, 0.5) is 0 Å². The molecule has 0 saturated carbocycles. The fraction of sp³-hybridized carbons (Fsp3) is 0.875. The molecule has 3 nitrogen and oxygen atoms in total. The van der Waals surface area contributed by atoms with Gasteiger partial charge in [-0.25, -0.2) is 0 Å². The zero-order valence-electron chi connectivity index (χ0n) is 7.45. The molecule has 0 radical (unpaired) electrons. The van der Waals surface area contributed by atoms with Gasteiger partial charge < -0.3 is 10.6 Å². The fourth-order valence-electron chi connectivity index (χ4n) is 1.50. The van der Waals surface area contributed by atoms with Gasteiger partial charge in [0.2, 0.25) is 5.91 Å². The maximum absolute atomic E-state index is 11.2. The first-order chi connectivity index (χ1) is 5.27. The van der Waals surface area contributed by atoms with Crippen LogP contribution in [0.15, 0.2) is 0 Å². The summed E-state index contributed by atoms with van der Waals surface area (Å²) >= 11 is 0. The van der Waals surface area contributed by atoms with E-state index in [1.54, 1.807) is 0 Å². The van der Waals surface area contributed by atoms with Gasteiger partial charge in [-0.3, -0.25) is 4.79 Å². The Labute approximate surface area is 79.7 Å². The minimum Gasteiger partial charge on any atom is -0.342 e. The van der Waals surface area contributed by atoms with Gasteiger partial charge in [0, 0.05) is 19.5 Å². The molecule has 0 bridgehead atoms. The normalized spacial score (nSPS) is 22.7. The maximum Gasteiger partial charge on any atom is 0.222 e. The Kier molecular flexibility index (Phi) is 5.25. The fourth-order valence-corrected chi connectivity index (χ4v) is 1.50. The Morgan fingerprint density at radius 1 is 1.67 bits per heavy atom. The molecule has 12 heavy (non-hydrogen) atoms. The van der Waals surface area contributed by atoms with Crippen LogP contribution in [0.5, 0.6) is 0 Å². The average Bonchev–Trinajstić information content (AvgIpc) is 2.33. The Hall–Kier alpha value is -0.280. The lowest BCUT2D eigenvalue weighted by molar-refractivity contribution is -0.127. The Morgan fingerprint density at radius 2 is 2.33 bits per heavy atom. The van der Waals surface area contributed by atoms with Crippen molar-refractivity contribution in [3.8, 4) is 0 Å². The van der Waals surface area contributed by atoms with E-state index in [-0.39, 0.29) is 18.3 Å². The van der Waals surface area contributed by atoms with Crippen LogP contribution in [-0.2, 0) is 4.79 Å². The summed E-state index contributed by atoms with van der Waals surface area (Å²) in [5.74, 6) is 0.691. The van der Waals surface area contributed by atoms with Gasteiger partial charge in [0.1, 0.15) is 0 Å². The largest absolute Gasteiger partial charge is 0.342 e. The van der Waals surface area contributed by atoms with Crippen LogP contribution in [0.3, 0.4) is 0 Å². The second-order valence-corrected chi connectivity index (χ2v) is 3.15. The minimum absolute atomic E-state index is 0. The molecule has 1 atom stereocenters. The molecule has 0 spiro atoms. The summed E-state index contributed by atoms with van der Waals surface area (Å²) in [5.41, 5.74) is 5.48. The number of rotatable bonds is 3. The van der Waals surface area contributed by atoms with E-state index in [0.717, 1.165) is 19.5 Å². The molecule has 4 heteroatoms. The van der Waals surface area contributed by atoms with Crippen LogP contribution in [-0.4, -0.2) is 30.4 Å². The van der Waals surface area contributed by atoms with Crippen molar-refractivity contribution in [1.29, 1.82) is 0 Å². The summed E-state index contributed by atoms with van der Waals surface area (Å²) in [6.45, 7) is 4.51. The summed E-state index contributed by atoms with van der Waals surface area (Å²) in [5, 5.41) is 0. The highest BCUT2D eigenvalue weighted by atomic mass is 35.5. The quantitative estimate of drug-likeness (QED) is 0.713. The number of carbonyl (C=O) groups excluding carboxylic acids is 1. The van der Waals surface area contributed by atoms with Gasteiger partial charge >= 0.3 is 0 Å². The van der Waals surface area contributed by atoms with Crippen molar-refractivity contribution in [3.63, 3.8) is 0 Å². The van der Waals surface area contributed by atoms with Gasteiger partial charge in [-0.15, -0.1) is 12.4 Å². The molecule has 1 heterocycles. The second kappa shape index (κ2) is 5.38. The average molecular weight is 193 g/mol. The van der Waals surface area contributed by atoms with Gasteiger partial charge in [-0.1, -0.05) is 6.92 Å². The minimum atomic E-state index is 0. The van der Waals surface area contributed by atoms with Gasteiger partial charge in [0.25, 0.3) is 0 Å². The first kappa shape index (κ1) is 11.7. The number of hydrogen-bond acceptors (Lipinski definition) is 2. The molecular weight excluding hydrogens is 176 g/mol. The third-order valence-corrected chi connectivity index (χ3v) is 2.12. The maximum atomic E-state index is 11.2. The Bertz CT molecular complexity index is 152. The van der Waals surface area contributed by atoms with Crippen LogP contribution in [0.25, 0.3) is 0 Å². The molecule has 72 valence electrons. The number of hydrogen-bond donors (Lipinski definition) is 1. The number of likely N-dealkylation sites (tertiary alicyclic amines) is 1. The molecule has 1 rings (SSSR count). The number of nitrogens with two attached hydrogens (primary N) is 1. The third-order valence-electron chi connectivity index (χ3n) is 2.12. The Balaban J connectivity index is 0.00000121. The topological polar surface area (TPSA) is 46.3 Å². The monoisotopic (exact) mass is 192 g/mol. The molecule has 0 aromatic rings. The van der Waals surface area contributed by atoms with E-state index in [9.17, 15) is 4.79 Å². The van der Waals surface area contributed by atoms with E-state index in [2.05, 4.69) is 6.92 Å². The van der Waals surface area contributed by atoms with E-state index < -0.39 is 0 Å². The predicted molar refractivity (Wildman–Crippen MR) is 51.3 cm³/mol. The van der Waals surface area contributed by atoms with Crippen LogP contribution < -0.4 is 5.73 Å². The summed E-state index contributed by atoms with van der Waals surface area (Å²) in [7, 11) is 0. The van der Waals surface area contributed by atoms with Gasteiger partial charge in [-0.2, -0.15) is 0 Å². The van der Waals surface area contributed by atoms with Crippen molar-refractivity contribution < 1.29 is 4.79 Å². The number of halogens is 1. The summed E-state index contributed by atoms with van der Waals surface area (Å²) in [6.07, 6.45) is 1.71. The zero-order valence-corrected chi connectivity index (χ0v) is 8.27.